The standard InChI is InChI=1S/C18H27NO4S/c1-12(2)9-16(18(20)21)7-6-8-19-24(22,23)17-14(4)10-13(3)11-15(17)5/h7,10-12,19H,6,8-9H2,1-5H3,(H,20,21)/b16-7+. The van der Waals surface area contributed by atoms with Crippen molar-refractivity contribution in [2.24, 2.45) is 5.92 Å². The molecule has 1 aromatic carbocycles. The van der Waals surface area contributed by atoms with E-state index in [0.29, 0.717) is 34.4 Å². The zero-order valence-electron chi connectivity index (χ0n) is 15.0. The Morgan fingerprint density at radius 1 is 1.21 bits per heavy atom. The number of carboxylic acids is 1. The summed E-state index contributed by atoms with van der Waals surface area (Å²) in [5.74, 6) is -0.710. The van der Waals surface area contributed by atoms with Crippen molar-refractivity contribution in [2.75, 3.05) is 6.54 Å². The van der Waals surface area contributed by atoms with E-state index >= 15 is 0 Å². The minimum absolute atomic E-state index is 0.171. The molecule has 5 nitrogen and oxygen atoms in total. The lowest BCUT2D eigenvalue weighted by Gasteiger charge is -2.13. The lowest BCUT2D eigenvalue weighted by molar-refractivity contribution is -0.132. The van der Waals surface area contributed by atoms with Gasteiger partial charge in [0.15, 0.2) is 0 Å². The Balaban J connectivity index is 2.82. The highest BCUT2D eigenvalue weighted by Crippen LogP contribution is 2.21. The van der Waals surface area contributed by atoms with Gasteiger partial charge < -0.3 is 5.11 Å². The van der Waals surface area contributed by atoms with Crippen molar-refractivity contribution in [1.29, 1.82) is 0 Å². The number of carboxylic acid groups (broad SMARTS) is 1. The van der Waals surface area contributed by atoms with Gasteiger partial charge in [0.1, 0.15) is 0 Å². The quantitative estimate of drug-likeness (QED) is 0.554. The third-order valence-corrected chi connectivity index (χ3v) is 5.37. The highest BCUT2D eigenvalue weighted by Gasteiger charge is 2.19. The van der Waals surface area contributed by atoms with Crippen molar-refractivity contribution in [3.8, 4) is 0 Å². The first-order valence-corrected chi connectivity index (χ1v) is 9.52. The predicted molar refractivity (Wildman–Crippen MR) is 95.6 cm³/mol. The fourth-order valence-electron chi connectivity index (χ4n) is 2.80. The summed E-state index contributed by atoms with van der Waals surface area (Å²) in [6, 6.07) is 3.68. The van der Waals surface area contributed by atoms with Crippen LogP contribution < -0.4 is 4.72 Å². The molecule has 0 spiro atoms. The molecule has 0 aromatic heterocycles. The van der Waals surface area contributed by atoms with Gasteiger partial charge in [0.25, 0.3) is 0 Å². The second-order valence-corrected chi connectivity index (χ2v) is 8.25. The summed E-state index contributed by atoms with van der Waals surface area (Å²) >= 11 is 0. The van der Waals surface area contributed by atoms with Gasteiger partial charge in [-0.25, -0.2) is 17.9 Å². The molecule has 0 aliphatic rings. The van der Waals surface area contributed by atoms with Crippen molar-refractivity contribution in [2.45, 2.75) is 52.4 Å². The number of carbonyl (C=O) groups is 1. The topological polar surface area (TPSA) is 83.5 Å². The number of benzene rings is 1. The molecule has 1 aromatic rings. The molecule has 0 aliphatic carbocycles. The van der Waals surface area contributed by atoms with Crippen LogP contribution in [0.4, 0.5) is 0 Å². The molecule has 0 amide bonds. The Morgan fingerprint density at radius 3 is 2.21 bits per heavy atom. The maximum Gasteiger partial charge on any atom is 0.331 e. The van der Waals surface area contributed by atoms with E-state index in [1.807, 2.05) is 32.9 Å². The van der Waals surface area contributed by atoms with E-state index in [0.717, 1.165) is 5.56 Å². The average Bonchev–Trinajstić information content (AvgIpc) is 2.39. The first-order chi connectivity index (χ1) is 11.0. The van der Waals surface area contributed by atoms with Crippen LogP contribution in [0.5, 0.6) is 0 Å². The SMILES string of the molecule is Cc1cc(C)c(S(=O)(=O)NCC/C=C(\CC(C)C)C(=O)O)c(C)c1. The molecule has 0 radical (unpaired) electrons. The van der Waals surface area contributed by atoms with Gasteiger partial charge in [0.05, 0.1) is 4.90 Å². The van der Waals surface area contributed by atoms with Gasteiger partial charge in [-0.15, -0.1) is 0 Å². The molecule has 0 heterocycles. The van der Waals surface area contributed by atoms with E-state index in [4.69, 9.17) is 5.11 Å². The number of nitrogens with one attached hydrogen (secondary N) is 1. The fourth-order valence-corrected chi connectivity index (χ4v) is 4.30. The third kappa shape index (κ3) is 5.76. The highest BCUT2D eigenvalue weighted by atomic mass is 32.2. The normalized spacial score (nSPS) is 12.7. The number of hydrogen-bond donors (Lipinski definition) is 2. The van der Waals surface area contributed by atoms with Crippen LogP contribution in [-0.4, -0.2) is 26.0 Å². The zero-order chi connectivity index (χ0) is 18.5. The molecule has 6 heteroatoms. The second-order valence-electron chi connectivity index (χ2n) is 6.55. The van der Waals surface area contributed by atoms with E-state index in [1.54, 1.807) is 19.9 Å². The van der Waals surface area contributed by atoms with E-state index in [-0.39, 0.29) is 12.5 Å². The molecular formula is C18H27NO4S. The summed E-state index contributed by atoms with van der Waals surface area (Å²) < 4.78 is 27.5. The Labute approximate surface area is 144 Å². The number of rotatable bonds is 8. The third-order valence-electron chi connectivity index (χ3n) is 3.60. The number of aryl methyl sites for hydroxylation is 3. The molecule has 0 bridgehead atoms. The fraction of sp³-hybridized carbons (Fsp3) is 0.500. The molecule has 0 unspecified atom stereocenters. The number of hydrogen-bond acceptors (Lipinski definition) is 3. The van der Waals surface area contributed by atoms with Crippen molar-refractivity contribution in [1.82, 2.24) is 4.72 Å². The van der Waals surface area contributed by atoms with Crippen LogP contribution in [0.1, 0.15) is 43.4 Å². The molecular weight excluding hydrogens is 326 g/mol. The van der Waals surface area contributed by atoms with Crippen LogP contribution in [0.3, 0.4) is 0 Å². The van der Waals surface area contributed by atoms with E-state index in [1.165, 1.54) is 0 Å². The lowest BCUT2D eigenvalue weighted by atomic mass is 10.0. The molecule has 0 saturated heterocycles. The van der Waals surface area contributed by atoms with Crippen molar-refractivity contribution in [3.63, 3.8) is 0 Å². The van der Waals surface area contributed by atoms with Crippen molar-refractivity contribution in [3.05, 3.63) is 40.5 Å². The zero-order valence-corrected chi connectivity index (χ0v) is 15.8. The number of aliphatic carboxylic acids is 1. The molecule has 2 N–H and O–H groups in total. The first-order valence-electron chi connectivity index (χ1n) is 8.04. The maximum atomic E-state index is 12.5. The molecule has 24 heavy (non-hydrogen) atoms. The minimum Gasteiger partial charge on any atom is -0.478 e. The van der Waals surface area contributed by atoms with E-state index in [2.05, 4.69) is 4.72 Å². The predicted octanol–water partition coefficient (Wildman–Crippen LogP) is 3.34. The van der Waals surface area contributed by atoms with Gasteiger partial charge >= 0.3 is 5.97 Å². The summed E-state index contributed by atoms with van der Waals surface area (Å²) in [4.78, 5) is 11.5. The van der Waals surface area contributed by atoms with Gasteiger partial charge in [0.2, 0.25) is 10.0 Å². The summed E-state index contributed by atoms with van der Waals surface area (Å²) in [6.45, 7) is 9.55. The van der Waals surface area contributed by atoms with Crippen LogP contribution in [-0.2, 0) is 14.8 Å². The molecule has 134 valence electrons. The Hall–Kier alpha value is -1.66. The van der Waals surface area contributed by atoms with Crippen molar-refractivity contribution < 1.29 is 18.3 Å². The van der Waals surface area contributed by atoms with Crippen LogP contribution in [0, 0.1) is 26.7 Å². The molecule has 0 atom stereocenters. The monoisotopic (exact) mass is 353 g/mol. The van der Waals surface area contributed by atoms with Gasteiger partial charge in [-0.1, -0.05) is 37.6 Å². The molecule has 0 aliphatic heterocycles. The smallest absolute Gasteiger partial charge is 0.331 e. The minimum atomic E-state index is -3.61. The molecule has 0 saturated carbocycles. The van der Waals surface area contributed by atoms with E-state index < -0.39 is 16.0 Å². The summed E-state index contributed by atoms with van der Waals surface area (Å²) in [5, 5.41) is 9.15. The largest absolute Gasteiger partial charge is 0.478 e. The van der Waals surface area contributed by atoms with Gasteiger partial charge in [-0.05, 0) is 50.7 Å². The van der Waals surface area contributed by atoms with Crippen LogP contribution in [0.2, 0.25) is 0 Å². The van der Waals surface area contributed by atoms with Gasteiger partial charge in [-0.3, -0.25) is 0 Å². The average molecular weight is 353 g/mol. The number of sulfonamides is 1. The lowest BCUT2D eigenvalue weighted by Crippen LogP contribution is -2.26. The van der Waals surface area contributed by atoms with Gasteiger partial charge in [0, 0.05) is 12.1 Å². The second kappa shape index (κ2) is 8.44. The first kappa shape index (κ1) is 20.4. The van der Waals surface area contributed by atoms with E-state index in [9.17, 15) is 13.2 Å². The van der Waals surface area contributed by atoms with Crippen molar-refractivity contribution >= 4 is 16.0 Å². The van der Waals surface area contributed by atoms with Crippen LogP contribution in [0.15, 0.2) is 28.7 Å². The summed E-state index contributed by atoms with van der Waals surface area (Å²) in [5.41, 5.74) is 2.77. The molecule has 1 rings (SSSR count). The maximum absolute atomic E-state index is 12.5. The Bertz CT molecular complexity index is 710. The summed E-state index contributed by atoms with van der Waals surface area (Å²) in [7, 11) is -3.61. The van der Waals surface area contributed by atoms with Crippen LogP contribution in [0.25, 0.3) is 0 Å². The summed E-state index contributed by atoms with van der Waals surface area (Å²) in [6.07, 6.45) is 2.41. The molecule has 0 fully saturated rings. The Kier molecular flexibility index (Phi) is 7.17. The Morgan fingerprint density at radius 2 is 1.75 bits per heavy atom. The van der Waals surface area contributed by atoms with Gasteiger partial charge in [-0.2, -0.15) is 0 Å². The highest BCUT2D eigenvalue weighted by molar-refractivity contribution is 7.89. The van der Waals surface area contributed by atoms with Crippen LogP contribution >= 0.6 is 0 Å².